The highest BCUT2D eigenvalue weighted by Gasteiger charge is 2.50. The zero-order valence-corrected chi connectivity index (χ0v) is 20.3. The van der Waals surface area contributed by atoms with E-state index < -0.39 is 16.9 Å². The molecule has 3 atom stereocenters. The Labute approximate surface area is 195 Å². The van der Waals surface area contributed by atoms with Gasteiger partial charge >= 0.3 is 0 Å². The Hall–Kier alpha value is -2.12. The fourth-order valence-corrected chi connectivity index (χ4v) is 4.77. The number of nitrogens with one attached hydrogen (secondary N) is 1. The molecular weight excluding hydrogens is 430 g/mol. The van der Waals surface area contributed by atoms with Gasteiger partial charge in [-0.15, -0.1) is 0 Å². The number of benzene rings is 1. The fraction of sp³-hybridized carbons (Fsp3) is 0.625. The van der Waals surface area contributed by atoms with Crippen molar-refractivity contribution in [2.24, 2.45) is 17.3 Å². The first-order valence-corrected chi connectivity index (χ1v) is 11.6. The van der Waals surface area contributed by atoms with Gasteiger partial charge in [0.25, 0.3) is 0 Å². The van der Waals surface area contributed by atoms with E-state index in [1.807, 2.05) is 39.8 Å². The highest BCUT2D eigenvalue weighted by Crippen LogP contribution is 2.46. The molecule has 1 aromatic rings. The van der Waals surface area contributed by atoms with E-state index in [2.05, 4.69) is 5.32 Å². The van der Waals surface area contributed by atoms with Crippen LogP contribution in [0, 0.1) is 17.3 Å². The van der Waals surface area contributed by atoms with Gasteiger partial charge in [0.2, 0.25) is 17.7 Å². The van der Waals surface area contributed by atoms with E-state index in [0.717, 1.165) is 5.56 Å². The van der Waals surface area contributed by atoms with Crippen molar-refractivity contribution in [1.29, 1.82) is 0 Å². The molecule has 1 aromatic carbocycles. The molecule has 32 heavy (non-hydrogen) atoms. The number of rotatable bonds is 5. The number of nitrogens with zero attached hydrogens (tertiary/aromatic N) is 2. The van der Waals surface area contributed by atoms with Gasteiger partial charge in [-0.3, -0.25) is 14.4 Å². The van der Waals surface area contributed by atoms with E-state index in [4.69, 9.17) is 11.6 Å². The predicted octanol–water partition coefficient (Wildman–Crippen LogP) is 2.41. The van der Waals surface area contributed by atoms with Crippen molar-refractivity contribution in [3.8, 4) is 0 Å². The molecule has 176 valence electrons. The lowest BCUT2D eigenvalue weighted by Gasteiger charge is -2.51. The Balaban J connectivity index is 1.60. The van der Waals surface area contributed by atoms with Gasteiger partial charge in [0, 0.05) is 49.6 Å². The maximum atomic E-state index is 13.2. The lowest BCUT2D eigenvalue weighted by atomic mass is 9.66. The van der Waals surface area contributed by atoms with Crippen LogP contribution in [0.1, 0.15) is 46.6 Å². The van der Waals surface area contributed by atoms with Crippen LogP contribution in [0.3, 0.4) is 0 Å². The SMILES string of the molecule is CC(=O)N1CC(C(=O)NC(C)[C@@H](C)C(=O)N2CC[C@](O)(c3ccc(Cl)cc3)C(C)(C)C2)C1. The summed E-state index contributed by atoms with van der Waals surface area (Å²) in [6.45, 7) is 10.8. The number of halogens is 1. The fourth-order valence-electron chi connectivity index (χ4n) is 4.64. The summed E-state index contributed by atoms with van der Waals surface area (Å²) < 4.78 is 0. The maximum Gasteiger partial charge on any atom is 0.227 e. The van der Waals surface area contributed by atoms with Crippen LogP contribution >= 0.6 is 11.6 Å². The van der Waals surface area contributed by atoms with E-state index >= 15 is 0 Å². The van der Waals surface area contributed by atoms with Crippen molar-refractivity contribution in [2.45, 2.75) is 52.7 Å². The van der Waals surface area contributed by atoms with Gasteiger partial charge in [0.1, 0.15) is 0 Å². The molecule has 2 fully saturated rings. The molecule has 7 nitrogen and oxygen atoms in total. The molecule has 0 radical (unpaired) electrons. The Morgan fingerprint density at radius 3 is 2.25 bits per heavy atom. The Morgan fingerprint density at radius 2 is 1.72 bits per heavy atom. The number of hydrogen-bond donors (Lipinski definition) is 2. The van der Waals surface area contributed by atoms with Gasteiger partial charge in [-0.25, -0.2) is 0 Å². The zero-order valence-electron chi connectivity index (χ0n) is 19.5. The Morgan fingerprint density at radius 1 is 1.12 bits per heavy atom. The number of amides is 3. The minimum atomic E-state index is -1.07. The number of carbonyl (C=O) groups is 3. The van der Waals surface area contributed by atoms with Gasteiger partial charge < -0.3 is 20.2 Å². The summed E-state index contributed by atoms with van der Waals surface area (Å²) in [5.74, 6) is -0.807. The van der Waals surface area contributed by atoms with Crippen LogP contribution in [-0.2, 0) is 20.0 Å². The molecule has 0 bridgehead atoms. The summed E-state index contributed by atoms with van der Waals surface area (Å²) in [6.07, 6.45) is 0.420. The molecule has 0 spiro atoms. The van der Waals surface area contributed by atoms with Crippen LogP contribution < -0.4 is 5.32 Å². The van der Waals surface area contributed by atoms with Crippen molar-refractivity contribution in [3.05, 3.63) is 34.9 Å². The average molecular weight is 464 g/mol. The molecule has 8 heteroatoms. The second kappa shape index (κ2) is 9.02. The molecule has 2 N–H and O–H groups in total. The quantitative estimate of drug-likeness (QED) is 0.701. The molecule has 1 unspecified atom stereocenters. The van der Waals surface area contributed by atoms with E-state index in [-0.39, 0.29) is 29.7 Å². The number of likely N-dealkylation sites (tertiary alicyclic amines) is 2. The highest BCUT2D eigenvalue weighted by atomic mass is 35.5. The third kappa shape index (κ3) is 4.64. The minimum Gasteiger partial charge on any atom is -0.384 e. The molecule has 3 amide bonds. The van der Waals surface area contributed by atoms with Crippen LogP contribution in [0.2, 0.25) is 5.02 Å². The van der Waals surface area contributed by atoms with Crippen molar-refractivity contribution in [2.75, 3.05) is 26.2 Å². The number of hydrogen-bond acceptors (Lipinski definition) is 4. The van der Waals surface area contributed by atoms with Crippen molar-refractivity contribution >= 4 is 29.3 Å². The molecule has 0 aliphatic carbocycles. The van der Waals surface area contributed by atoms with E-state index in [1.165, 1.54) is 6.92 Å². The monoisotopic (exact) mass is 463 g/mol. The molecule has 2 aliphatic heterocycles. The van der Waals surface area contributed by atoms with Crippen LogP contribution in [0.15, 0.2) is 24.3 Å². The summed E-state index contributed by atoms with van der Waals surface area (Å²) in [4.78, 5) is 40.4. The van der Waals surface area contributed by atoms with Gasteiger partial charge in [-0.2, -0.15) is 0 Å². The van der Waals surface area contributed by atoms with E-state index in [9.17, 15) is 19.5 Å². The summed E-state index contributed by atoms with van der Waals surface area (Å²) in [5.41, 5.74) is -0.833. The van der Waals surface area contributed by atoms with E-state index in [1.54, 1.807) is 21.9 Å². The second-order valence-corrected chi connectivity index (χ2v) is 10.4. The second-order valence-electron chi connectivity index (χ2n) is 9.97. The smallest absolute Gasteiger partial charge is 0.227 e. The molecule has 0 aromatic heterocycles. The third-order valence-corrected chi connectivity index (χ3v) is 7.54. The van der Waals surface area contributed by atoms with Crippen LogP contribution in [0.25, 0.3) is 0 Å². The van der Waals surface area contributed by atoms with Crippen molar-refractivity contribution in [3.63, 3.8) is 0 Å². The first-order valence-electron chi connectivity index (χ1n) is 11.2. The lowest BCUT2D eigenvalue weighted by Crippen LogP contribution is -2.59. The summed E-state index contributed by atoms with van der Waals surface area (Å²) in [7, 11) is 0. The molecule has 2 saturated heterocycles. The first-order chi connectivity index (χ1) is 14.9. The van der Waals surface area contributed by atoms with Crippen molar-refractivity contribution in [1.82, 2.24) is 15.1 Å². The van der Waals surface area contributed by atoms with Gasteiger partial charge in [-0.1, -0.05) is 44.5 Å². The van der Waals surface area contributed by atoms with Crippen LogP contribution in [0.4, 0.5) is 0 Å². The van der Waals surface area contributed by atoms with Gasteiger partial charge in [-0.05, 0) is 31.0 Å². The lowest BCUT2D eigenvalue weighted by molar-refractivity contribution is -0.157. The highest BCUT2D eigenvalue weighted by molar-refractivity contribution is 6.30. The minimum absolute atomic E-state index is 0.0306. The van der Waals surface area contributed by atoms with Crippen LogP contribution in [-0.4, -0.2) is 64.8 Å². The largest absolute Gasteiger partial charge is 0.384 e. The van der Waals surface area contributed by atoms with Gasteiger partial charge in [0.05, 0.1) is 17.4 Å². The third-order valence-electron chi connectivity index (χ3n) is 7.29. The summed E-state index contributed by atoms with van der Waals surface area (Å²) in [6, 6.07) is 6.89. The predicted molar refractivity (Wildman–Crippen MR) is 123 cm³/mol. The first kappa shape index (κ1) is 24.5. The topological polar surface area (TPSA) is 90.0 Å². The number of piperidine rings is 1. The van der Waals surface area contributed by atoms with E-state index in [0.29, 0.717) is 37.6 Å². The molecule has 2 heterocycles. The summed E-state index contributed by atoms with van der Waals surface area (Å²) in [5, 5.41) is 15.1. The molecule has 3 rings (SSSR count). The average Bonchev–Trinajstić information content (AvgIpc) is 2.67. The number of carbonyl (C=O) groups excluding carboxylic acids is 3. The summed E-state index contributed by atoms with van der Waals surface area (Å²) >= 11 is 6.00. The molecule has 2 aliphatic rings. The maximum absolute atomic E-state index is 13.2. The Kier molecular flexibility index (Phi) is 6.91. The normalized spacial score (nSPS) is 25.0. The van der Waals surface area contributed by atoms with Crippen LogP contribution in [0.5, 0.6) is 0 Å². The van der Waals surface area contributed by atoms with Crippen molar-refractivity contribution < 1.29 is 19.5 Å². The Bertz CT molecular complexity index is 882. The van der Waals surface area contributed by atoms with Gasteiger partial charge in [0.15, 0.2) is 0 Å². The molecule has 0 saturated carbocycles. The zero-order chi connectivity index (χ0) is 23.8. The standard InChI is InChI=1S/C24H34ClN3O4/c1-15(16(2)26-21(30)18-12-28(13-18)17(3)29)22(31)27-11-10-24(32,23(4,5)14-27)19-6-8-20(25)9-7-19/h6-9,15-16,18,32H,10-14H2,1-5H3,(H,26,30)/t15-,16?,24+/m1/s1. The molecular formula is C24H34ClN3O4. The number of aliphatic hydroxyl groups is 1.